The normalized spacial score (nSPS) is 16.7. The second kappa shape index (κ2) is 9.11. The highest BCUT2D eigenvalue weighted by atomic mass is 32.2. The molecule has 0 radical (unpaired) electrons. The van der Waals surface area contributed by atoms with Crippen LogP contribution >= 0.6 is 0 Å². The molecule has 1 atom stereocenters. The van der Waals surface area contributed by atoms with Crippen molar-refractivity contribution >= 4 is 15.9 Å². The minimum atomic E-state index is -3.58. The topological polar surface area (TPSA) is 82.9 Å². The second-order valence-electron chi connectivity index (χ2n) is 7.65. The van der Waals surface area contributed by atoms with Crippen molar-refractivity contribution in [2.24, 2.45) is 0 Å². The van der Waals surface area contributed by atoms with Gasteiger partial charge in [-0.1, -0.05) is 12.5 Å². The van der Waals surface area contributed by atoms with Gasteiger partial charge in [-0.2, -0.15) is 4.31 Å². The number of carbonyl (C=O) groups is 1. The molecular formula is C21H29N3O4S. The fourth-order valence-corrected chi connectivity index (χ4v) is 5.11. The second-order valence-corrected chi connectivity index (χ2v) is 9.58. The van der Waals surface area contributed by atoms with Crippen LogP contribution in [0.25, 0.3) is 0 Å². The number of rotatable bonds is 7. The highest BCUT2D eigenvalue weighted by Crippen LogP contribution is 2.23. The van der Waals surface area contributed by atoms with Crippen molar-refractivity contribution in [1.82, 2.24) is 14.5 Å². The Labute approximate surface area is 172 Å². The maximum absolute atomic E-state index is 13.0. The van der Waals surface area contributed by atoms with E-state index >= 15 is 0 Å². The van der Waals surface area contributed by atoms with E-state index in [0.29, 0.717) is 25.2 Å². The van der Waals surface area contributed by atoms with Gasteiger partial charge in [0.1, 0.15) is 5.76 Å². The van der Waals surface area contributed by atoms with Gasteiger partial charge in [-0.05, 0) is 63.7 Å². The molecule has 0 spiro atoms. The summed E-state index contributed by atoms with van der Waals surface area (Å²) in [4.78, 5) is 15.0. The van der Waals surface area contributed by atoms with Gasteiger partial charge in [-0.3, -0.25) is 9.69 Å². The summed E-state index contributed by atoms with van der Waals surface area (Å²) >= 11 is 0. The average molecular weight is 420 g/mol. The molecule has 1 aromatic carbocycles. The van der Waals surface area contributed by atoms with Gasteiger partial charge in [0.15, 0.2) is 0 Å². The highest BCUT2D eigenvalue weighted by molar-refractivity contribution is 7.89. The summed E-state index contributed by atoms with van der Waals surface area (Å²) in [6.07, 6.45) is 4.40. The zero-order chi connectivity index (χ0) is 21.0. The lowest BCUT2D eigenvalue weighted by Gasteiger charge is -2.26. The predicted molar refractivity (Wildman–Crippen MR) is 111 cm³/mol. The molecule has 0 aliphatic carbocycles. The molecule has 3 rings (SSSR count). The molecule has 1 aliphatic rings. The van der Waals surface area contributed by atoms with Crippen LogP contribution in [0.15, 0.2) is 45.9 Å². The highest BCUT2D eigenvalue weighted by Gasteiger charge is 2.27. The number of likely N-dealkylation sites (N-methyl/N-ethyl adjacent to an activating group) is 1. The van der Waals surface area contributed by atoms with Crippen LogP contribution in [-0.4, -0.2) is 57.3 Å². The van der Waals surface area contributed by atoms with Gasteiger partial charge in [0.2, 0.25) is 10.0 Å². The van der Waals surface area contributed by atoms with Crippen LogP contribution in [0.2, 0.25) is 0 Å². The Kier molecular flexibility index (Phi) is 6.77. The molecular weight excluding hydrogens is 390 g/mol. The summed E-state index contributed by atoms with van der Waals surface area (Å²) < 4.78 is 32.9. The van der Waals surface area contributed by atoms with Crippen molar-refractivity contribution in [2.75, 3.05) is 33.7 Å². The molecule has 1 aliphatic heterocycles. The van der Waals surface area contributed by atoms with Crippen LogP contribution < -0.4 is 5.32 Å². The van der Waals surface area contributed by atoms with Crippen LogP contribution in [0.3, 0.4) is 0 Å². The van der Waals surface area contributed by atoms with E-state index in [1.165, 1.54) is 10.4 Å². The Morgan fingerprint density at radius 2 is 1.93 bits per heavy atom. The smallest absolute Gasteiger partial charge is 0.251 e. The lowest BCUT2D eigenvalue weighted by Crippen LogP contribution is -2.36. The molecule has 1 N–H and O–H groups in total. The lowest BCUT2D eigenvalue weighted by atomic mass is 10.1. The van der Waals surface area contributed by atoms with E-state index in [9.17, 15) is 13.2 Å². The average Bonchev–Trinajstić information content (AvgIpc) is 3.23. The van der Waals surface area contributed by atoms with Crippen LogP contribution in [0.5, 0.6) is 0 Å². The number of sulfonamides is 1. The summed E-state index contributed by atoms with van der Waals surface area (Å²) in [7, 11) is 0.241. The summed E-state index contributed by atoms with van der Waals surface area (Å²) in [5.74, 6) is 0.463. The SMILES string of the molecule is Cc1ccc(S(=O)(=O)N2CCCCC2)cc1C(=O)NCC(c1ccco1)N(C)C. The first-order valence-electron chi connectivity index (χ1n) is 9.89. The predicted octanol–water partition coefficient (Wildman–Crippen LogP) is 2.80. The Bertz CT molecular complexity index is 933. The number of hydrogen-bond donors (Lipinski definition) is 1. The van der Waals surface area contributed by atoms with Gasteiger partial charge in [0.05, 0.1) is 17.2 Å². The molecule has 1 aromatic heterocycles. The molecule has 7 nitrogen and oxygen atoms in total. The van der Waals surface area contributed by atoms with Crippen molar-refractivity contribution in [3.05, 3.63) is 53.5 Å². The molecule has 1 saturated heterocycles. The van der Waals surface area contributed by atoms with E-state index in [0.717, 1.165) is 30.6 Å². The standard InChI is InChI=1S/C21H29N3O4S/c1-16-9-10-17(29(26,27)24-11-5-4-6-12-24)14-18(16)21(25)22-15-19(23(2)3)20-8-7-13-28-20/h7-10,13-14,19H,4-6,11-12,15H2,1-3H3,(H,22,25). The number of nitrogens with one attached hydrogen (secondary N) is 1. The fourth-order valence-electron chi connectivity index (χ4n) is 3.56. The van der Waals surface area contributed by atoms with Crippen molar-refractivity contribution < 1.29 is 17.6 Å². The van der Waals surface area contributed by atoms with Gasteiger partial charge < -0.3 is 9.73 Å². The quantitative estimate of drug-likeness (QED) is 0.746. The van der Waals surface area contributed by atoms with E-state index in [1.54, 1.807) is 18.4 Å². The summed E-state index contributed by atoms with van der Waals surface area (Å²) in [6.45, 7) is 3.22. The number of furan rings is 1. The third-order valence-electron chi connectivity index (χ3n) is 5.36. The zero-order valence-electron chi connectivity index (χ0n) is 17.2. The van der Waals surface area contributed by atoms with Crippen LogP contribution in [-0.2, 0) is 10.0 Å². The number of amides is 1. The molecule has 8 heteroatoms. The molecule has 1 fully saturated rings. The minimum absolute atomic E-state index is 0.116. The van der Waals surface area contributed by atoms with Gasteiger partial charge in [-0.25, -0.2) is 8.42 Å². The molecule has 0 saturated carbocycles. The summed E-state index contributed by atoms with van der Waals surface area (Å²) in [5.41, 5.74) is 1.11. The third kappa shape index (κ3) is 4.88. The Morgan fingerprint density at radius 1 is 1.21 bits per heavy atom. The monoisotopic (exact) mass is 419 g/mol. The molecule has 2 heterocycles. The van der Waals surface area contributed by atoms with Crippen molar-refractivity contribution in [3.63, 3.8) is 0 Å². The molecule has 1 amide bonds. The molecule has 2 aromatic rings. The van der Waals surface area contributed by atoms with Crippen LogP contribution in [0.1, 0.15) is 47.0 Å². The molecule has 29 heavy (non-hydrogen) atoms. The van der Waals surface area contributed by atoms with Crippen molar-refractivity contribution in [2.45, 2.75) is 37.1 Å². The Hall–Kier alpha value is -2.16. The van der Waals surface area contributed by atoms with Gasteiger partial charge in [-0.15, -0.1) is 0 Å². The van der Waals surface area contributed by atoms with Crippen LogP contribution in [0.4, 0.5) is 0 Å². The number of piperidine rings is 1. The van der Waals surface area contributed by atoms with Gasteiger partial charge in [0, 0.05) is 25.2 Å². The summed E-state index contributed by atoms with van der Waals surface area (Å²) in [5, 5.41) is 2.92. The van der Waals surface area contributed by atoms with Gasteiger partial charge >= 0.3 is 0 Å². The van der Waals surface area contributed by atoms with E-state index in [-0.39, 0.29) is 16.8 Å². The van der Waals surface area contributed by atoms with Crippen LogP contribution in [0, 0.1) is 6.92 Å². The van der Waals surface area contributed by atoms with E-state index in [4.69, 9.17) is 4.42 Å². The number of nitrogens with zero attached hydrogens (tertiary/aromatic N) is 2. The lowest BCUT2D eigenvalue weighted by molar-refractivity contribution is 0.0938. The first kappa shape index (κ1) is 21.5. The fraction of sp³-hybridized carbons (Fsp3) is 0.476. The van der Waals surface area contributed by atoms with E-state index in [2.05, 4.69) is 5.32 Å². The van der Waals surface area contributed by atoms with Crippen molar-refractivity contribution in [3.8, 4) is 0 Å². The number of benzene rings is 1. The maximum atomic E-state index is 13.0. The summed E-state index contributed by atoms with van der Waals surface area (Å²) in [6, 6.07) is 8.34. The third-order valence-corrected chi connectivity index (χ3v) is 7.25. The minimum Gasteiger partial charge on any atom is -0.468 e. The Morgan fingerprint density at radius 3 is 2.55 bits per heavy atom. The molecule has 1 unspecified atom stereocenters. The number of aryl methyl sites for hydroxylation is 1. The number of hydrogen-bond acceptors (Lipinski definition) is 5. The number of carbonyl (C=O) groups excluding carboxylic acids is 1. The first-order valence-corrected chi connectivity index (χ1v) is 11.3. The molecule has 0 bridgehead atoms. The zero-order valence-corrected chi connectivity index (χ0v) is 18.0. The maximum Gasteiger partial charge on any atom is 0.251 e. The van der Waals surface area contributed by atoms with E-state index < -0.39 is 10.0 Å². The Balaban J connectivity index is 1.77. The largest absolute Gasteiger partial charge is 0.468 e. The van der Waals surface area contributed by atoms with E-state index in [1.807, 2.05) is 38.1 Å². The van der Waals surface area contributed by atoms with Crippen molar-refractivity contribution in [1.29, 1.82) is 0 Å². The molecule has 158 valence electrons. The first-order chi connectivity index (χ1) is 13.8. The van der Waals surface area contributed by atoms with Gasteiger partial charge in [0.25, 0.3) is 5.91 Å².